The molecule has 2 aromatic rings. The first-order chi connectivity index (χ1) is 8.49. The molecule has 0 unspecified atom stereocenters. The molecule has 0 aliphatic heterocycles. The molecular weight excluding hydrogens is 323 g/mol. The number of anilines is 1. The Balaban J connectivity index is 0.00000180. The first-order valence-electron chi connectivity index (χ1n) is 4.50. The number of aromatic nitrogens is 1. The van der Waals surface area contributed by atoms with Gasteiger partial charge in [-0.3, -0.25) is 9.76 Å². The van der Waals surface area contributed by atoms with Crippen LogP contribution < -0.4 is 39.5 Å². The van der Waals surface area contributed by atoms with Gasteiger partial charge in [-0.15, -0.1) is 0 Å². The van der Waals surface area contributed by atoms with Crippen LogP contribution in [-0.4, -0.2) is 19.0 Å². The normalized spacial score (nSPS) is 11.3. The van der Waals surface area contributed by atoms with Crippen LogP contribution in [0.1, 0.15) is 0 Å². The molecule has 2 rings (SSSR count). The fourth-order valence-electron chi connectivity index (χ4n) is 1.27. The summed E-state index contributed by atoms with van der Waals surface area (Å²) in [6.45, 7) is 0. The molecule has 0 amide bonds. The average Bonchev–Trinajstić information content (AvgIpc) is 2.67. The van der Waals surface area contributed by atoms with E-state index in [2.05, 4.69) is 18.5 Å². The Bertz CT molecular complexity index is 659. The maximum absolute atomic E-state index is 11.1. The number of sulfonamides is 1. The second-order valence-electron chi connectivity index (χ2n) is 3.28. The van der Waals surface area contributed by atoms with E-state index in [1.54, 1.807) is 18.2 Å². The maximum Gasteiger partial charge on any atom is 1.00 e. The molecule has 11 heteroatoms. The van der Waals surface area contributed by atoms with Crippen LogP contribution in [0, 0.1) is 0 Å². The van der Waals surface area contributed by atoms with Crippen molar-refractivity contribution in [2.75, 3.05) is 11.0 Å². The number of hydrogen-bond acceptors (Lipinski definition) is 8. The van der Waals surface area contributed by atoms with E-state index in [1.165, 1.54) is 0 Å². The Morgan fingerprint density at radius 2 is 2.21 bits per heavy atom. The van der Waals surface area contributed by atoms with Gasteiger partial charge in [0.05, 0.1) is 23.8 Å². The first-order valence-corrected chi connectivity index (χ1v) is 7.90. The molecule has 0 saturated heterocycles. The van der Waals surface area contributed by atoms with Gasteiger partial charge in [-0.25, -0.2) is 8.42 Å². The third-order valence-corrected chi connectivity index (χ3v) is 3.95. The largest absolute Gasteiger partial charge is 1.00 e. The molecule has 7 nitrogen and oxygen atoms in total. The standard InChI is InChI=1S/C8H8N2O5S3.Na/c1-18(12,13)10-8-6-3-2-5(17-15-14-11)4-7(6)9-16-8;/h2-4,10-11H,1H3;/q;+1/p-1. The molecule has 0 atom stereocenters. The van der Waals surface area contributed by atoms with Crippen molar-refractivity contribution in [3.8, 4) is 0 Å². The van der Waals surface area contributed by atoms with Crippen molar-refractivity contribution in [3.63, 3.8) is 0 Å². The molecule has 0 saturated carbocycles. The van der Waals surface area contributed by atoms with E-state index in [1.807, 2.05) is 0 Å². The average molecular weight is 330 g/mol. The number of nitrogens with zero attached hydrogens (tertiary/aromatic N) is 1. The smallest absolute Gasteiger partial charge is 0.691 e. The maximum atomic E-state index is 11.1. The van der Waals surface area contributed by atoms with Gasteiger partial charge >= 0.3 is 29.6 Å². The van der Waals surface area contributed by atoms with Crippen molar-refractivity contribution in [3.05, 3.63) is 18.2 Å². The summed E-state index contributed by atoms with van der Waals surface area (Å²) >= 11 is 1.79. The molecule has 0 radical (unpaired) electrons. The Labute approximate surface area is 139 Å². The van der Waals surface area contributed by atoms with E-state index in [0.717, 1.165) is 29.8 Å². The van der Waals surface area contributed by atoms with Crippen LogP contribution in [0.5, 0.6) is 0 Å². The van der Waals surface area contributed by atoms with E-state index in [-0.39, 0.29) is 29.6 Å². The molecule has 19 heavy (non-hydrogen) atoms. The molecule has 98 valence electrons. The Morgan fingerprint density at radius 1 is 1.47 bits per heavy atom. The number of hydrogen-bond donors (Lipinski definition) is 1. The Hall–Kier alpha value is 0.0900. The zero-order chi connectivity index (χ0) is 13.2. The van der Waals surface area contributed by atoms with E-state index < -0.39 is 10.0 Å². The molecule has 0 bridgehead atoms. The van der Waals surface area contributed by atoms with Crippen molar-refractivity contribution in [1.29, 1.82) is 0 Å². The molecule has 1 N–H and O–H groups in total. The van der Waals surface area contributed by atoms with Crippen LogP contribution in [0.25, 0.3) is 10.9 Å². The number of nitrogens with one attached hydrogen (secondary N) is 1. The molecule has 0 fully saturated rings. The van der Waals surface area contributed by atoms with Crippen LogP contribution in [0.4, 0.5) is 5.00 Å². The van der Waals surface area contributed by atoms with Crippen LogP contribution in [0.3, 0.4) is 0 Å². The van der Waals surface area contributed by atoms with Crippen LogP contribution in [0.15, 0.2) is 23.1 Å². The van der Waals surface area contributed by atoms with Crippen molar-refractivity contribution < 1.29 is 52.6 Å². The van der Waals surface area contributed by atoms with Crippen molar-refractivity contribution >= 4 is 49.5 Å². The summed E-state index contributed by atoms with van der Waals surface area (Å²) in [5.74, 6) is 0. The van der Waals surface area contributed by atoms with Gasteiger partial charge < -0.3 is 5.26 Å². The topological polar surface area (TPSA) is 101 Å². The summed E-state index contributed by atoms with van der Waals surface area (Å²) in [6, 6.07) is 5.00. The fourth-order valence-corrected chi connectivity index (χ4v) is 3.32. The summed E-state index contributed by atoms with van der Waals surface area (Å²) < 4.78 is 32.9. The number of rotatable bonds is 5. The number of fused-ring (bicyclic) bond motifs is 1. The quantitative estimate of drug-likeness (QED) is 0.290. The second kappa shape index (κ2) is 7.20. The Kier molecular flexibility index (Phi) is 6.50. The first kappa shape index (κ1) is 17.1. The van der Waals surface area contributed by atoms with E-state index in [4.69, 9.17) is 0 Å². The van der Waals surface area contributed by atoms with Crippen molar-refractivity contribution in [2.24, 2.45) is 0 Å². The third kappa shape index (κ3) is 4.85. The molecule has 1 heterocycles. The van der Waals surface area contributed by atoms with Gasteiger partial charge in [0.25, 0.3) is 0 Å². The molecular formula is C8H7N2NaO5S3. The van der Waals surface area contributed by atoms with Gasteiger partial charge in [0.2, 0.25) is 10.0 Å². The van der Waals surface area contributed by atoms with Crippen molar-refractivity contribution in [1.82, 2.24) is 4.37 Å². The summed E-state index contributed by atoms with van der Waals surface area (Å²) in [6.07, 6.45) is 1.07. The van der Waals surface area contributed by atoms with Gasteiger partial charge in [-0.1, -0.05) is 0 Å². The van der Waals surface area contributed by atoms with Crippen LogP contribution >= 0.6 is 23.6 Å². The van der Waals surface area contributed by atoms with Crippen LogP contribution in [0.2, 0.25) is 0 Å². The van der Waals surface area contributed by atoms with E-state index in [9.17, 15) is 13.7 Å². The molecule has 0 aliphatic rings. The predicted molar refractivity (Wildman–Crippen MR) is 66.1 cm³/mol. The van der Waals surface area contributed by atoms with Crippen molar-refractivity contribution in [2.45, 2.75) is 4.90 Å². The number of benzene rings is 1. The minimum absolute atomic E-state index is 0. The summed E-state index contributed by atoms with van der Waals surface area (Å²) in [4.78, 5) is 0.620. The van der Waals surface area contributed by atoms with Gasteiger partial charge in [0.15, 0.2) is 0 Å². The summed E-state index contributed by atoms with van der Waals surface area (Å²) in [5.41, 5.74) is 0.602. The minimum Gasteiger partial charge on any atom is -0.691 e. The zero-order valence-electron chi connectivity index (χ0n) is 9.95. The molecule has 0 spiro atoms. The molecule has 0 aliphatic carbocycles. The zero-order valence-corrected chi connectivity index (χ0v) is 14.4. The summed E-state index contributed by atoms with van der Waals surface area (Å²) in [5, 5.41) is 14.1. The van der Waals surface area contributed by atoms with Gasteiger partial charge in [0.1, 0.15) is 5.00 Å². The van der Waals surface area contributed by atoms with Gasteiger partial charge in [0, 0.05) is 10.3 Å². The fraction of sp³-hybridized carbons (Fsp3) is 0.125. The van der Waals surface area contributed by atoms with Crippen LogP contribution in [-0.2, 0) is 19.4 Å². The monoisotopic (exact) mass is 330 g/mol. The van der Waals surface area contributed by atoms with Gasteiger partial charge in [-0.2, -0.15) is 8.71 Å². The van der Waals surface area contributed by atoms with E-state index >= 15 is 0 Å². The second-order valence-corrected chi connectivity index (χ2v) is 6.58. The third-order valence-electron chi connectivity index (χ3n) is 1.89. The minimum atomic E-state index is -3.33. The van der Waals surface area contributed by atoms with Gasteiger partial charge in [-0.05, 0) is 29.7 Å². The Morgan fingerprint density at radius 3 is 2.84 bits per heavy atom. The molecule has 1 aromatic heterocycles. The predicted octanol–water partition coefficient (Wildman–Crippen LogP) is -2.10. The SMILES string of the molecule is CS(=O)(=O)Nc1snc2cc(SOO[O-])ccc12.[Na+]. The van der Waals surface area contributed by atoms with E-state index in [0.29, 0.717) is 20.8 Å². The summed E-state index contributed by atoms with van der Waals surface area (Å²) in [7, 11) is -3.33. The molecule has 1 aromatic carbocycles.